The number of likely N-dealkylation sites (N-methyl/N-ethyl adjacent to an activating group) is 1. The summed E-state index contributed by atoms with van der Waals surface area (Å²) in [5, 5.41) is 3.18. The second-order valence-electron chi connectivity index (χ2n) is 3.86. The molecule has 1 N–H and O–H groups in total. The number of amides is 1. The van der Waals surface area contributed by atoms with Crippen molar-refractivity contribution in [2.24, 2.45) is 0 Å². The second-order valence-corrected chi connectivity index (χ2v) is 3.86. The molecule has 0 fully saturated rings. The fraction of sp³-hybridized carbons (Fsp3) is 0.545. The van der Waals surface area contributed by atoms with Gasteiger partial charge in [-0.3, -0.25) is 10.1 Å². The number of carbonyl (C=O) groups is 1. The number of hydrogen-bond donors (Lipinski definition) is 1. The Bertz CT molecular complexity index is 306. The summed E-state index contributed by atoms with van der Waals surface area (Å²) in [6, 6.07) is 3.57. The van der Waals surface area contributed by atoms with Gasteiger partial charge in [0, 0.05) is 14.1 Å². The molecule has 1 aromatic heterocycles. The van der Waals surface area contributed by atoms with Gasteiger partial charge in [-0.1, -0.05) is 0 Å². The van der Waals surface area contributed by atoms with Crippen molar-refractivity contribution in [2.45, 2.75) is 25.9 Å². The molecule has 0 aliphatic carbocycles. The van der Waals surface area contributed by atoms with Gasteiger partial charge >= 0.3 is 0 Å². The topological polar surface area (TPSA) is 45.5 Å². The maximum Gasteiger partial charge on any atom is 0.238 e. The van der Waals surface area contributed by atoms with Crippen molar-refractivity contribution in [1.82, 2.24) is 10.2 Å². The third-order valence-electron chi connectivity index (χ3n) is 2.28. The summed E-state index contributed by atoms with van der Waals surface area (Å²) in [4.78, 5) is 13.2. The van der Waals surface area contributed by atoms with E-state index >= 15 is 0 Å². The number of carbonyl (C=O) groups excluding carboxylic acids is 1. The van der Waals surface area contributed by atoms with Crippen LogP contribution in [0.15, 0.2) is 22.8 Å². The lowest BCUT2D eigenvalue weighted by molar-refractivity contribution is -0.130. The van der Waals surface area contributed by atoms with Crippen LogP contribution in [0.2, 0.25) is 0 Å². The molecule has 4 nitrogen and oxygen atoms in total. The van der Waals surface area contributed by atoms with Crippen LogP contribution in [0.4, 0.5) is 0 Å². The van der Waals surface area contributed by atoms with Gasteiger partial charge in [0.2, 0.25) is 5.91 Å². The van der Waals surface area contributed by atoms with Gasteiger partial charge in [-0.15, -0.1) is 0 Å². The highest BCUT2D eigenvalue weighted by Crippen LogP contribution is 2.13. The molecule has 2 atom stereocenters. The molecule has 4 heteroatoms. The zero-order chi connectivity index (χ0) is 11.4. The molecule has 0 aliphatic rings. The van der Waals surface area contributed by atoms with E-state index in [1.807, 2.05) is 26.0 Å². The Kier molecular flexibility index (Phi) is 3.91. The van der Waals surface area contributed by atoms with Crippen LogP contribution in [0.1, 0.15) is 25.6 Å². The predicted octanol–water partition coefficient (Wildman–Crippen LogP) is 1.41. The Hall–Kier alpha value is -1.29. The van der Waals surface area contributed by atoms with Crippen LogP contribution in [-0.4, -0.2) is 30.9 Å². The minimum atomic E-state index is -0.208. The number of nitrogens with zero attached hydrogens (tertiary/aromatic N) is 1. The predicted molar refractivity (Wildman–Crippen MR) is 58.4 cm³/mol. The Balaban J connectivity index is 2.52. The third-order valence-corrected chi connectivity index (χ3v) is 2.28. The van der Waals surface area contributed by atoms with E-state index in [4.69, 9.17) is 4.42 Å². The molecule has 15 heavy (non-hydrogen) atoms. The number of furan rings is 1. The second kappa shape index (κ2) is 4.98. The molecule has 1 amide bonds. The lowest BCUT2D eigenvalue weighted by Crippen LogP contribution is -2.42. The van der Waals surface area contributed by atoms with Crippen molar-refractivity contribution in [3.63, 3.8) is 0 Å². The first-order valence-corrected chi connectivity index (χ1v) is 5.03. The fourth-order valence-corrected chi connectivity index (χ4v) is 1.45. The molecule has 1 unspecified atom stereocenters. The molecular formula is C11H18N2O2. The number of nitrogens with one attached hydrogen (secondary N) is 1. The molecule has 0 aromatic carbocycles. The van der Waals surface area contributed by atoms with E-state index in [0.29, 0.717) is 0 Å². The van der Waals surface area contributed by atoms with Crippen molar-refractivity contribution >= 4 is 5.91 Å². The van der Waals surface area contributed by atoms with E-state index in [1.165, 1.54) is 0 Å². The first kappa shape index (κ1) is 11.8. The van der Waals surface area contributed by atoms with Gasteiger partial charge in [0.1, 0.15) is 5.76 Å². The Labute approximate surface area is 90.3 Å². The maximum atomic E-state index is 11.6. The Morgan fingerprint density at radius 1 is 1.47 bits per heavy atom. The lowest BCUT2D eigenvalue weighted by atomic mass is 10.2. The smallest absolute Gasteiger partial charge is 0.238 e. The summed E-state index contributed by atoms with van der Waals surface area (Å²) < 4.78 is 5.25. The summed E-state index contributed by atoms with van der Waals surface area (Å²) in [7, 11) is 3.50. The average Bonchev–Trinajstić information content (AvgIpc) is 2.68. The van der Waals surface area contributed by atoms with Crippen molar-refractivity contribution < 1.29 is 9.21 Å². The fourth-order valence-electron chi connectivity index (χ4n) is 1.45. The zero-order valence-electron chi connectivity index (χ0n) is 9.65. The van der Waals surface area contributed by atoms with Gasteiger partial charge in [0.05, 0.1) is 18.3 Å². The summed E-state index contributed by atoms with van der Waals surface area (Å²) in [6.45, 7) is 3.82. The van der Waals surface area contributed by atoms with Gasteiger partial charge in [-0.05, 0) is 26.0 Å². The zero-order valence-corrected chi connectivity index (χ0v) is 9.65. The molecule has 0 radical (unpaired) electrons. The molecular weight excluding hydrogens is 192 g/mol. The minimum Gasteiger partial charge on any atom is -0.468 e. The van der Waals surface area contributed by atoms with Crippen LogP contribution in [0.5, 0.6) is 0 Å². The maximum absolute atomic E-state index is 11.6. The standard InChI is InChI=1S/C11H18N2O2/c1-8(10-6-5-7-15-10)12-9(2)11(14)13(3)4/h5-9,12H,1-4H3/t8?,9-/m1/s1. The minimum absolute atomic E-state index is 0.0406. The van der Waals surface area contributed by atoms with Crippen molar-refractivity contribution in [3.05, 3.63) is 24.2 Å². The first-order chi connectivity index (χ1) is 7.02. The summed E-state index contributed by atoms with van der Waals surface area (Å²) >= 11 is 0. The van der Waals surface area contributed by atoms with Gasteiger partial charge in [0.25, 0.3) is 0 Å². The van der Waals surface area contributed by atoms with Crippen LogP contribution in [0.25, 0.3) is 0 Å². The monoisotopic (exact) mass is 210 g/mol. The van der Waals surface area contributed by atoms with E-state index in [-0.39, 0.29) is 18.0 Å². The molecule has 1 heterocycles. The van der Waals surface area contributed by atoms with E-state index in [9.17, 15) is 4.79 Å². The quantitative estimate of drug-likeness (QED) is 0.817. The van der Waals surface area contributed by atoms with Gasteiger partial charge in [-0.25, -0.2) is 0 Å². The van der Waals surface area contributed by atoms with E-state index < -0.39 is 0 Å². The Morgan fingerprint density at radius 2 is 2.13 bits per heavy atom. The van der Waals surface area contributed by atoms with Crippen LogP contribution >= 0.6 is 0 Å². The largest absolute Gasteiger partial charge is 0.468 e. The van der Waals surface area contributed by atoms with E-state index in [1.54, 1.807) is 25.3 Å². The summed E-state index contributed by atoms with van der Waals surface area (Å²) in [5.74, 6) is 0.904. The molecule has 1 aromatic rings. The third kappa shape index (κ3) is 3.09. The SMILES string of the molecule is CC(N[C@H](C)C(=O)N(C)C)c1ccco1. The van der Waals surface area contributed by atoms with Crippen LogP contribution in [-0.2, 0) is 4.79 Å². The van der Waals surface area contributed by atoms with Crippen LogP contribution < -0.4 is 5.32 Å². The van der Waals surface area contributed by atoms with Gasteiger partial charge in [-0.2, -0.15) is 0 Å². The molecule has 1 rings (SSSR count). The molecule has 0 saturated heterocycles. The van der Waals surface area contributed by atoms with Crippen LogP contribution in [0, 0.1) is 0 Å². The lowest BCUT2D eigenvalue weighted by Gasteiger charge is -2.21. The summed E-state index contributed by atoms with van der Waals surface area (Å²) in [6.07, 6.45) is 1.63. The van der Waals surface area contributed by atoms with Crippen molar-refractivity contribution in [2.75, 3.05) is 14.1 Å². The average molecular weight is 210 g/mol. The van der Waals surface area contributed by atoms with E-state index in [2.05, 4.69) is 5.32 Å². The Morgan fingerprint density at radius 3 is 2.60 bits per heavy atom. The molecule has 0 saturated carbocycles. The van der Waals surface area contributed by atoms with Gasteiger partial charge in [0.15, 0.2) is 0 Å². The summed E-state index contributed by atoms with van der Waals surface area (Å²) in [5.41, 5.74) is 0. The first-order valence-electron chi connectivity index (χ1n) is 5.03. The van der Waals surface area contributed by atoms with Crippen molar-refractivity contribution in [3.8, 4) is 0 Å². The number of hydrogen-bond acceptors (Lipinski definition) is 3. The highest BCUT2D eigenvalue weighted by molar-refractivity contribution is 5.80. The highest BCUT2D eigenvalue weighted by Gasteiger charge is 2.18. The molecule has 0 aliphatic heterocycles. The van der Waals surface area contributed by atoms with Crippen LogP contribution in [0.3, 0.4) is 0 Å². The number of rotatable bonds is 4. The van der Waals surface area contributed by atoms with Crippen molar-refractivity contribution in [1.29, 1.82) is 0 Å². The molecule has 0 bridgehead atoms. The molecule has 84 valence electrons. The molecule has 0 spiro atoms. The van der Waals surface area contributed by atoms with Gasteiger partial charge < -0.3 is 9.32 Å². The van der Waals surface area contributed by atoms with E-state index in [0.717, 1.165) is 5.76 Å². The normalized spacial score (nSPS) is 14.7. The highest BCUT2D eigenvalue weighted by atomic mass is 16.3.